The van der Waals surface area contributed by atoms with Crippen molar-refractivity contribution in [1.82, 2.24) is 10.3 Å². The normalized spacial score (nSPS) is 17.8. The molecule has 2 atom stereocenters. The fraction of sp³-hybridized carbons (Fsp3) is 0.258. The van der Waals surface area contributed by atoms with Crippen molar-refractivity contribution in [2.45, 2.75) is 35.7 Å². The summed E-state index contributed by atoms with van der Waals surface area (Å²) in [7, 11) is 0. The maximum atomic E-state index is 6.41. The van der Waals surface area contributed by atoms with E-state index in [4.69, 9.17) is 26.1 Å². The van der Waals surface area contributed by atoms with Crippen molar-refractivity contribution < 1.29 is 9.47 Å². The Hall–Kier alpha value is -2.77. The molecule has 0 radical (unpaired) electrons. The molecule has 2 bridgehead atoms. The Kier molecular flexibility index (Phi) is 6.66. The van der Waals surface area contributed by atoms with E-state index in [1.54, 1.807) is 23.1 Å². The summed E-state index contributed by atoms with van der Waals surface area (Å²) >= 11 is 9.53. The molecule has 0 amide bonds. The van der Waals surface area contributed by atoms with E-state index in [-0.39, 0.29) is 0 Å². The monoisotopic (exact) mass is 558 g/mol. The van der Waals surface area contributed by atoms with Crippen LogP contribution in [0.1, 0.15) is 41.6 Å². The third-order valence-electron chi connectivity index (χ3n) is 7.45. The van der Waals surface area contributed by atoms with Gasteiger partial charge in [0, 0.05) is 29.3 Å². The van der Waals surface area contributed by atoms with Crippen LogP contribution in [-0.4, -0.2) is 24.0 Å². The molecule has 2 aliphatic heterocycles. The minimum Gasteiger partial charge on any atom is -0.489 e. The summed E-state index contributed by atoms with van der Waals surface area (Å²) in [5.74, 6) is 2.50. The Balaban J connectivity index is 1.04. The number of benzene rings is 4. The Labute approximate surface area is 235 Å². The molecule has 1 aromatic heterocycles. The van der Waals surface area contributed by atoms with E-state index in [2.05, 4.69) is 59.9 Å². The lowest BCUT2D eigenvalue weighted by Gasteiger charge is -2.19. The van der Waals surface area contributed by atoms with Gasteiger partial charge in [-0.3, -0.25) is 0 Å². The van der Waals surface area contributed by atoms with Gasteiger partial charge in [-0.15, -0.1) is 11.3 Å². The van der Waals surface area contributed by atoms with Crippen molar-refractivity contribution in [2.24, 2.45) is 0 Å². The number of hydrogen-bond donors (Lipinski definition) is 1. The third kappa shape index (κ3) is 4.75. The lowest BCUT2D eigenvalue weighted by Crippen LogP contribution is -2.08. The van der Waals surface area contributed by atoms with E-state index in [0.29, 0.717) is 25.3 Å². The van der Waals surface area contributed by atoms with Gasteiger partial charge in [-0.25, -0.2) is 4.98 Å². The number of fused-ring (bicyclic) bond motifs is 7. The molecule has 38 heavy (non-hydrogen) atoms. The first-order chi connectivity index (χ1) is 18.7. The molecule has 4 nitrogen and oxygen atoms in total. The van der Waals surface area contributed by atoms with Crippen LogP contribution in [0, 0.1) is 0 Å². The van der Waals surface area contributed by atoms with Gasteiger partial charge in [0.05, 0.1) is 23.4 Å². The Morgan fingerprint density at radius 1 is 0.895 bits per heavy atom. The van der Waals surface area contributed by atoms with Crippen LogP contribution < -0.4 is 14.8 Å². The van der Waals surface area contributed by atoms with E-state index in [9.17, 15) is 0 Å². The van der Waals surface area contributed by atoms with Crippen molar-refractivity contribution in [3.05, 3.63) is 94.5 Å². The minimum absolute atomic E-state index is 0.436. The molecule has 0 unspecified atom stereocenters. The smallest absolute Gasteiger partial charge is 0.161 e. The quantitative estimate of drug-likeness (QED) is 0.145. The van der Waals surface area contributed by atoms with Gasteiger partial charge in [0.2, 0.25) is 0 Å². The molecular weight excluding hydrogens is 532 g/mol. The SMILES string of the molecule is Clc1ccc2sc(SCCOc3cc4c(cc3OCCc3cccc5ccccc35)[C@@H]3CC[C@H]4N3)nc2c1. The zero-order valence-electron chi connectivity index (χ0n) is 20.8. The van der Waals surface area contributed by atoms with Gasteiger partial charge in [0.25, 0.3) is 0 Å². The molecule has 1 saturated heterocycles. The van der Waals surface area contributed by atoms with Crippen molar-refractivity contribution in [3.63, 3.8) is 0 Å². The Bertz CT molecular complexity index is 1630. The summed E-state index contributed by atoms with van der Waals surface area (Å²) < 4.78 is 14.9. The average Bonchev–Trinajstić information content (AvgIpc) is 3.66. The topological polar surface area (TPSA) is 43.4 Å². The van der Waals surface area contributed by atoms with Crippen LogP contribution in [0.4, 0.5) is 0 Å². The summed E-state index contributed by atoms with van der Waals surface area (Å²) in [5, 5.41) is 7.00. The zero-order chi connectivity index (χ0) is 25.5. The summed E-state index contributed by atoms with van der Waals surface area (Å²) in [6.07, 6.45) is 3.23. The maximum absolute atomic E-state index is 6.41. The van der Waals surface area contributed by atoms with E-state index < -0.39 is 0 Å². The number of nitrogens with one attached hydrogen (secondary N) is 1. The van der Waals surface area contributed by atoms with Crippen molar-refractivity contribution in [1.29, 1.82) is 0 Å². The van der Waals surface area contributed by atoms with E-state index in [1.807, 2.05) is 18.2 Å². The molecule has 7 rings (SSSR count). The van der Waals surface area contributed by atoms with Crippen LogP contribution in [-0.2, 0) is 6.42 Å². The molecule has 3 heterocycles. The number of rotatable bonds is 9. The average molecular weight is 559 g/mol. The number of nitrogens with zero attached hydrogens (tertiary/aromatic N) is 1. The third-order valence-corrected chi connectivity index (χ3v) is 9.83. The zero-order valence-corrected chi connectivity index (χ0v) is 23.2. The first-order valence-corrected chi connectivity index (χ1v) is 15.2. The summed E-state index contributed by atoms with van der Waals surface area (Å²) in [6.45, 7) is 1.19. The molecular formula is C31H27ClN2O2S2. The molecule has 5 aromatic rings. The van der Waals surface area contributed by atoms with Crippen molar-refractivity contribution >= 4 is 55.7 Å². The summed E-state index contributed by atoms with van der Waals surface area (Å²) in [5.41, 5.74) is 5.00. The molecule has 7 heteroatoms. The van der Waals surface area contributed by atoms with Crippen LogP contribution in [0.25, 0.3) is 21.0 Å². The Morgan fingerprint density at radius 3 is 2.50 bits per heavy atom. The van der Waals surface area contributed by atoms with Gasteiger partial charge in [0.15, 0.2) is 15.8 Å². The van der Waals surface area contributed by atoms with Gasteiger partial charge in [0.1, 0.15) is 0 Å². The van der Waals surface area contributed by atoms with Crippen LogP contribution in [0.3, 0.4) is 0 Å². The second-order valence-corrected chi connectivity index (χ2v) is 12.6. The van der Waals surface area contributed by atoms with Gasteiger partial charge < -0.3 is 14.8 Å². The maximum Gasteiger partial charge on any atom is 0.161 e. The van der Waals surface area contributed by atoms with Crippen LogP contribution >= 0.6 is 34.7 Å². The second kappa shape index (κ2) is 10.4. The highest BCUT2D eigenvalue weighted by molar-refractivity contribution is 8.01. The first-order valence-electron chi connectivity index (χ1n) is 13.1. The lowest BCUT2D eigenvalue weighted by molar-refractivity contribution is 0.280. The minimum atomic E-state index is 0.436. The summed E-state index contributed by atoms with van der Waals surface area (Å²) in [6, 6.07) is 26.2. The number of thioether (sulfide) groups is 1. The molecule has 0 saturated carbocycles. The highest BCUT2D eigenvalue weighted by atomic mass is 35.5. The predicted octanol–water partition coefficient (Wildman–Crippen LogP) is 8.37. The van der Waals surface area contributed by atoms with Crippen LogP contribution in [0.5, 0.6) is 11.5 Å². The van der Waals surface area contributed by atoms with Crippen LogP contribution in [0.2, 0.25) is 5.02 Å². The van der Waals surface area contributed by atoms with E-state index in [0.717, 1.165) is 43.3 Å². The molecule has 0 spiro atoms. The van der Waals surface area contributed by atoms with Gasteiger partial charge in [-0.2, -0.15) is 0 Å². The van der Waals surface area contributed by atoms with Crippen molar-refractivity contribution in [3.8, 4) is 11.5 Å². The van der Waals surface area contributed by atoms with Gasteiger partial charge in [-0.1, -0.05) is 65.8 Å². The predicted molar refractivity (Wildman–Crippen MR) is 158 cm³/mol. The number of ether oxygens (including phenoxy) is 2. The van der Waals surface area contributed by atoms with Gasteiger partial charge >= 0.3 is 0 Å². The largest absolute Gasteiger partial charge is 0.489 e. The van der Waals surface area contributed by atoms with E-state index in [1.165, 1.54) is 40.3 Å². The highest BCUT2D eigenvalue weighted by Crippen LogP contribution is 2.48. The second-order valence-electron chi connectivity index (χ2n) is 9.80. The number of aromatic nitrogens is 1. The number of halogens is 1. The van der Waals surface area contributed by atoms with E-state index >= 15 is 0 Å². The lowest BCUT2D eigenvalue weighted by atomic mass is 9.91. The fourth-order valence-corrected chi connectivity index (χ4v) is 7.76. The number of hydrogen-bond acceptors (Lipinski definition) is 6. The molecule has 192 valence electrons. The fourth-order valence-electron chi connectivity index (χ4n) is 5.66. The van der Waals surface area contributed by atoms with Crippen LogP contribution in [0.15, 0.2) is 77.1 Å². The molecule has 4 aromatic carbocycles. The summed E-state index contributed by atoms with van der Waals surface area (Å²) in [4.78, 5) is 4.71. The molecule has 2 aliphatic rings. The highest BCUT2D eigenvalue weighted by Gasteiger charge is 2.37. The Morgan fingerprint density at radius 2 is 1.66 bits per heavy atom. The van der Waals surface area contributed by atoms with Gasteiger partial charge in [-0.05, 0) is 70.6 Å². The molecule has 1 fully saturated rings. The molecule has 0 aliphatic carbocycles. The first kappa shape index (κ1) is 24.3. The van der Waals surface area contributed by atoms with Crippen molar-refractivity contribution in [2.75, 3.05) is 19.0 Å². The standard InChI is InChI=1S/C31H27ClN2O2S2/c32-21-8-11-30-27(16-21)34-31(38-30)37-15-14-36-29-18-24-23(25-9-10-26(24)33-25)17-28(29)35-13-12-20-6-3-5-19-4-1-2-7-22(19)20/h1-8,11,16-18,25-26,33H,9-10,12-15H2/t25-,26+/m0/s1. The number of thiazole rings is 1. The molecule has 1 N–H and O–H groups in total.